The fourth-order valence-electron chi connectivity index (χ4n) is 2.34. The standard InChI is InChI=1S/C14H18O5/c15-7-11-5-13-14(19-9-18-13)6-12(11)17-8-10-1-3-16-4-2-10/h5-6,10,15H,1-4,7-9H2. The first-order valence-electron chi connectivity index (χ1n) is 6.60. The third kappa shape index (κ3) is 2.77. The number of rotatable bonds is 4. The third-order valence-corrected chi connectivity index (χ3v) is 3.54. The lowest BCUT2D eigenvalue weighted by Crippen LogP contribution is -2.21. The Kier molecular flexibility index (Phi) is 3.75. The van der Waals surface area contributed by atoms with Crippen LogP contribution in [0.25, 0.3) is 0 Å². The quantitative estimate of drug-likeness (QED) is 0.899. The van der Waals surface area contributed by atoms with Crippen LogP contribution >= 0.6 is 0 Å². The van der Waals surface area contributed by atoms with Gasteiger partial charge in [0.2, 0.25) is 6.79 Å². The van der Waals surface area contributed by atoms with Gasteiger partial charge in [0.25, 0.3) is 0 Å². The van der Waals surface area contributed by atoms with E-state index in [4.69, 9.17) is 18.9 Å². The average Bonchev–Trinajstić information content (AvgIpc) is 2.92. The monoisotopic (exact) mass is 266 g/mol. The van der Waals surface area contributed by atoms with E-state index in [2.05, 4.69) is 0 Å². The second-order valence-corrected chi connectivity index (χ2v) is 4.84. The Balaban J connectivity index is 1.69. The van der Waals surface area contributed by atoms with Gasteiger partial charge >= 0.3 is 0 Å². The Morgan fingerprint density at radius 2 is 1.89 bits per heavy atom. The molecule has 0 aromatic heterocycles. The summed E-state index contributed by atoms with van der Waals surface area (Å²) >= 11 is 0. The molecule has 0 spiro atoms. The summed E-state index contributed by atoms with van der Waals surface area (Å²) in [4.78, 5) is 0. The summed E-state index contributed by atoms with van der Waals surface area (Å²) in [6, 6.07) is 3.58. The Morgan fingerprint density at radius 3 is 2.63 bits per heavy atom. The molecule has 5 heteroatoms. The van der Waals surface area contributed by atoms with Crippen LogP contribution in [0.1, 0.15) is 18.4 Å². The Labute approximate surface area is 112 Å². The minimum absolute atomic E-state index is 0.0697. The zero-order valence-electron chi connectivity index (χ0n) is 10.8. The summed E-state index contributed by atoms with van der Waals surface area (Å²) in [5.74, 6) is 2.55. The SMILES string of the molecule is OCc1cc2c(cc1OCC1CCOCC1)OCO2. The first kappa shape index (κ1) is 12.6. The van der Waals surface area contributed by atoms with Crippen molar-refractivity contribution in [1.82, 2.24) is 0 Å². The number of hydrogen-bond acceptors (Lipinski definition) is 5. The van der Waals surface area contributed by atoms with E-state index in [9.17, 15) is 5.11 Å². The molecule has 1 aromatic carbocycles. The Bertz CT molecular complexity index is 440. The Hall–Kier alpha value is -1.46. The highest BCUT2D eigenvalue weighted by atomic mass is 16.7. The summed E-state index contributed by atoms with van der Waals surface area (Å²) < 4.78 is 21.8. The van der Waals surface area contributed by atoms with Gasteiger partial charge in [-0.25, -0.2) is 0 Å². The lowest BCUT2D eigenvalue weighted by molar-refractivity contribution is 0.0494. The van der Waals surface area contributed by atoms with Crippen LogP contribution < -0.4 is 14.2 Å². The van der Waals surface area contributed by atoms with Gasteiger partial charge in [-0.05, 0) is 24.8 Å². The highest BCUT2D eigenvalue weighted by Gasteiger charge is 2.19. The van der Waals surface area contributed by atoms with E-state index < -0.39 is 0 Å². The summed E-state index contributed by atoms with van der Waals surface area (Å²) in [7, 11) is 0. The van der Waals surface area contributed by atoms with Crippen molar-refractivity contribution in [2.24, 2.45) is 5.92 Å². The van der Waals surface area contributed by atoms with Crippen molar-refractivity contribution in [2.75, 3.05) is 26.6 Å². The number of ether oxygens (including phenoxy) is 4. The first-order chi connectivity index (χ1) is 9.36. The molecule has 104 valence electrons. The van der Waals surface area contributed by atoms with Crippen LogP contribution in [0.2, 0.25) is 0 Å². The van der Waals surface area contributed by atoms with Gasteiger partial charge in [-0.15, -0.1) is 0 Å². The van der Waals surface area contributed by atoms with Crippen molar-refractivity contribution in [3.8, 4) is 17.2 Å². The maximum atomic E-state index is 9.39. The van der Waals surface area contributed by atoms with E-state index in [1.807, 2.05) is 0 Å². The largest absolute Gasteiger partial charge is 0.493 e. The first-order valence-corrected chi connectivity index (χ1v) is 6.60. The van der Waals surface area contributed by atoms with E-state index >= 15 is 0 Å². The third-order valence-electron chi connectivity index (χ3n) is 3.54. The van der Waals surface area contributed by atoms with E-state index in [1.165, 1.54) is 0 Å². The fourth-order valence-corrected chi connectivity index (χ4v) is 2.34. The summed E-state index contributed by atoms with van der Waals surface area (Å²) in [5.41, 5.74) is 0.733. The molecule has 0 saturated carbocycles. The molecule has 19 heavy (non-hydrogen) atoms. The average molecular weight is 266 g/mol. The van der Waals surface area contributed by atoms with Gasteiger partial charge in [-0.1, -0.05) is 0 Å². The van der Waals surface area contributed by atoms with Crippen LogP contribution in [0.4, 0.5) is 0 Å². The van der Waals surface area contributed by atoms with Gasteiger partial charge in [-0.2, -0.15) is 0 Å². The van der Waals surface area contributed by atoms with Crippen molar-refractivity contribution in [2.45, 2.75) is 19.4 Å². The minimum atomic E-state index is -0.0697. The minimum Gasteiger partial charge on any atom is -0.493 e. The van der Waals surface area contributed by atoms with Crippen molar-refractivity contribution < 1.29 is 24.1 Å². The maximum absolute atomic E-state index is 9.39. The van der Waals surface area contributed by atoms with Crippen LogP contribution in [-0.2, 0) is 11.3 Å². The van der Waals surface area contributed by atoms with Crippen LogP contribution in [0.15, 0.2) is 12.1 Å². The van der Waals surface area contributed by atoms with Gasteiger partial charge in [0.15, 0.2) is 11.5 Å². The molecule has 2 aliphatic rings. The van der Waals surface area contributed by atoms with Crippen molar-refractivity contribution >= 4 is 0 Å². The summed E-state index contributed by atoms with van der Waals surface area (Å²) in [6.07, 6.45) is 2.05. The highest BCUT2D eigenvalue weighted by Crippen LogP contribution is 2.38. The molecule has 0 atom stereocenters. The lowest BCUT2D eigenvalue weighted by atomic mass is 10.0. The smallest absolute Gasteiger partial charge is 0.231 e. The second kappa shape index (κ2) is 5.67. The zero-order valence-corrected chi connectivity index (χ0v) is 10.8. The molecule has 3 rings (SSSR count). The molecule has 0 unspecified atom stereocenters. The van der Waals surface area contributed by atoms with Crippen molar-refractivity contribution in [1.29, 1.82) is 0 Å². The molecule has 0 radical (unpaired) electrons. The van der Waals surface area contributed by atoms with Gasteiger partial charge in [-0.3, -0.25) is 0 Å². The lowest BCUT2D eigenvalue weighted by Gasteiger charge is -2.22. The van der Waals surface area contributed by atoms with E-state index in [0.717, 1.165) is 31.6 Å². The number of hydrogen-bond donors (Lipinski definition) is 1. The molecule has 1 fully saturated rings. The summed E-state index contributed by atoms with van der Waals surface area (Å²) in [6.45, 7) is 2.42. The van der Waals surface area contributed by atoms with Crippen LogP contribution in [-0.4, -0.2) is 31.7 Å². The van der Waals surface area contributed by atoms with Gasteiger partial charge < -0.3 is 24.1 Å². The summed E-state index contributed by atoms with van der Waals surface area (Å²) in [5, 5.41) is 9.39. The number of benzene rings is 1. The molecule has 1 aromatic rings. The molecule has 0 bridgehead atoms. The van der Waals surface area contributed by atoms with Crippen molar-refractivity contribution in [3.05, 3.63) is 17.7 Å². The topological polar surface area (TPSA) is 57.2 Å². The number of fused-ring (bicyclic) bond motifs is 1. The Morgan fingerprint density at radius 1 is 1.16 bits per heavy atom. The molecule has 1 N–H and O–H groups in total. The maximum Gasteiger partial charge on any atom is 0.231 e. The van der Waals surface area contributed by atoms with E-state index in [0.29, 0.717) is 29.8 Å². The predicted octanol–water partition coefficient (Wildman–Crippen LogP) is 1.71. The van der Waals surface area contributed by atoms with Crippen LogP contribution in [0, 0.1) is 5.92 Å². The molecule has 0 aliphatic carbocycles. The molecule has 2 aliphatic heterocycles. The highest BCUT2D eigenvalue weighted by molar-refractivity contribution is 5.51. The molecule has 0 amide bonds. The number of aliphatic hydroxyl groups excluding tert-OH is 1. The van der Waals surface area contributed by atoms with Crippen molar-refractivity contribution in [3.63, 3.8) is 0 Å². The van der Waals surface area contributed by atoms with Gasteiger partial charge in [0.05, 0.1) is 13.2 Å². The van der Waals surface area contributed by atoms with E-state index in [1.54, 1.807) is 12.1 Å². The van der Waals surface area contributed by atoms with Gasteiger partial charge in [0.1, 0.15) is 5.75 Å². The van der Waals surface area contributed by atoms with E-state index in [-0.39, 0.29) is 13.4 Å². The van der Waals surface area contributed by atoms with Crippen LogP contribution in [0.5, 0.6) is 17.2 Å². The predicted molar refractivity (Wildman–Crippen MR) is 67.5 cm³/mol. The number of aliphatic hydroxyl groups is 1. The molecule has 1 saturated heterocycles. The molecule has 2 heterocycles. The molecule has 5 nitrogen and oxygen atoms in total. The normalized spacial score (nSPS) is 18.6. The van der Waals surface area contributed by atoms with Crippen LogP contribution in [0.3, 0.4) is 0 Å². The fraction of sp³-hybridized carbons (Fsp3) is 0.571. The molecular formula is C14H18O5. The second-order valence-electron chi connectivity index (χ2n) is 4.84. The van der Waals surface area contributed by atoms with Gasteiger partial charge in [0, 0.05) is 24.8 Å². The zero-order chi connectivity index (χ0) is 13.1. The molecular weight excluding hydrogens is 248 g/mol.